The molecule has 0 spiro atoms. The molecule has 0 bridgehead atoms. The Balaban J connectivity index is 1.62. The fourth-order valence-electron chi connectivity index (χ4n) is 2.69. The lowest BCUT2D eigenvalue weighted by Crippen LogP contribution is -2.39. The second-order valence-electron chi connectivity index (χ2n) is 5.44. The van der Waals surface area contributed by atoms with E-state index in [9.17, 15) is 4.79 Å². The van der Waals surface area contributed by atoms with Gasteiger partial charge >= 0.3 is 0 Å². The molecule has 3 rings (SSSR count). The highest BCUT2D eigenvalue weighted by molar-refractivity contribution is 6.31. The summed E-state index contributed by atoms with van der Waals surface area (Å²) in [5, 5.41) is 1.17. The van der Waals surface area contributed by atoms with Gasteiger partial charge in [-0.3, -0.25) is 4.79 Å². The summed E-state index contributed by atoms with van der Waals surface area (Å²) in [5.74, 6) is 1.51. The minimum atomic E-state index is 0.152. The van der Waals surface area contributed by atoms with E-state index in [1.807, 2.05) is 24.3 Å². The van der Waals surface area contributed by atoms with Crippen LogP contribution in [0.4, 0.5) is 5.82 Å². The predicted molar refractivity (Wildman–Crippen MR) is 91.9 cm³/mol. The Morgan fingerprint density at radius 1 is 1.13 bits per heavy atom. The number of pyridine rings is 1. The molecule has 0 amide bonds. The van der Waals surface area contributed by atoms with Crippen LogP contribution in [0.3, 0.4) is 0 Å². The zero-order chi connectivity index (χ0) is 16.2. The van der Waals surface area contributed by atoms with Gasteiger partial charge in [0.05, 0.1) is 10.6 Å². The van der Waals surface area contributed by atoms with E-state index in [0.29, 0.717) is 21.4 Å². The van der Waals surface area contributed by atoms with Crippen LogP contribution in [0.25, 0.3) is 0 Å². The van der Waals surface area contributed by atoms with E-state index >= 15 is 0 Å². The van der Waals surface area contributed by atoms with Gasteiger partial charge in [0.1, 0.15) is 17.7 Å². The van der Waals surface area contributed by atoms with Crippen LogP contribution in [0.1, 0.15) is 23.2 Å². The van der Waals surface area contributed by atoms with Crippen molar-refractivity contribution in [3.8, 4) is 5.75 Å². The van der Waals surface area contributed by atoms with Crippen LogP contribution in [0, 0.1) is 0 Å². The zero-order valence-corrected chi connectivity index (χ0v) is 13.9. The van der Waals surface area contributed by atoms with Crippen molar-refractivity contribution in [2.24, 2.45) is 0 Å². The SMILES string of the molecule is O=Cc1cc(Cl)cnc1N1CCC(Oc2ccc(Cl)cc2)CC1. The molecule has 4 nitrogen and oxygen atoms in total. The van der Waals surface area contributed by atoms with E-state index < -0.39 is 0 Å². The second-order valence-corrected chi connectivity index (χ2v) is 6.32. The third-order valence-electron chi connectivity index (χ3n) is 3.85. The quantitative estimate of drug-likeness (QED) is 0.773. The van der Waals surface area contributed by atoms with Crippen LogP contribution in [0.2, 0.25) is 10.0 Å². The smallest absolute Gasteiger partial charge is 0.153 e. The minimum absolute atomic E-state index is 0.152. The number of carbonyl (C=O) groups excluding carboxylic acids is 1. The first-order valence-corrected chi connectivity index (χ1v) is 8.19. The zero-order valence-electron chi connectivity index (χ0n) is 12.4. The van der Waals surface area contributed by atoms with Crippen molar-refractivity contribution in [2.75, 3.05) is 18.0 Å². The third-order valence-corrected chi connectivity index (χ3v) is 4.31. The summed E-state index contributed by atoms with van der Waals surface area (Å²) < 4.78 is 5.97. The molecule has 6 heteroatoms. The largest absolute Gasteiger partial charge is 0.490 e. The van der Waals surface area contributed by atoms with Crippen molar-refractivity contribution in [1.82, 2.24) is 4.98 Å². The summed E-state index contributed by atoms with van der Waals surface area (Å²) in [6, 6.07) is 9.03. The number of aldehydes is 1. The summed E-state index contributed by atoms with van der Waals surface area (Å²) in [6.07, 6.45) is 4.25. The molecule has 0 atom stereocenters. The fourth-order valence-corrected chi connectivity index (χ4v) is 2.98. The molecule has 23 heavy (non-hydrogen) atoms. The van der Waals surface area contributed by atoms with Crippen LogP contribution >= 0.6 is 23.2 Å². The van der Waals surface area contributed by atoms with Crippen LogP contribution in [0.5, 0.6) is 5.75 Å². The van der Waals surface area contributed by atoms with E-state index in [1.165, 1.54) is 0 Å². The number of hydrogen-bond acceptors (Lipinski definition) is 4. The Morgan fingerprint density at radius 2 is 1.83 bits per heavy atom. The first-order valence-electron chi connectivity index (χ1n) is 7.43. The van der Waals surface area contributed by atoms with Crippen molar-refractivity contribution < 1.29 is 9.53 Å². The van der Waals surface area contributed by atoms with Gasteiger partial charge in [0.25, 0.3) is 0 Å². The van der Waals surface area contributed by atoms with E-state index in [1.54, 1.807) is 12.3 Å². The molecule has 1 aliphatic heterocycles. The molecule has 1 fully saturated rings. The minimum Gasteiger partial charge on any atom is -0.490 e. The number of nitrogens with zero attached hydrogens (tertiary/aromatic N) is 2. The first-order chi connectivity index (χ1) is 11.2. The maximum absolute atomic E-state index is 11.2. The van der Waals surface area contributed by atoms with Gasteiger partial charge in [-0.15, -0.1) is 0 Å². The van der Waals surface area contributed by atoms with Crippen molar-refractivity contribution >= 4 is 35.3 Å². The molecular weight excluding hydrogens is 335 g/mol. The van der Waals surface area contributed by atoms with Crippen molar-refractivity contribution in [2.45, 2.75) is 18.9 Å². The molecule has 2 aromatic rings. The summed E-state index contributed by atoms with van der Waals surface area (Å²) >= 11 is 11.8. The maximum atomic E-state index is 11.2. The molecule has 1 aromatic heterocycles. The first kappa shape index (κ1) is 16.1. The lowest BCUT2D eigenvalue weighted by atomic mass is 10.1. The van der Waals surface area contributed by atoms with Gasteiger partial charge in [0.15, 0.2) is 6.29 Å². The van der Waals surface area contributed by atoms with Gasteiger partial charge in [-0.25, -0.2) is 4.98 Å². The summed E-state index contributed by atoms with van der Waals surface area (Å²) in [4.78, 5) is 17.6. The van der Waals surface area contributed by atoms with E-state index in [-0.39, 0.29) is 6.10 Å². The normalized spacial score (nSPS) is 15.5. The summed E-state index contributed by atoms with van der Waals surface area (Å²) in [5.41, 5.74) is 0.523. The highest BCUT2D eigenvalue weighted by atomic mass is 35.5. The van der Waals surface area contributed by atoms with E-state index in [0.717, 1.165) is 38.0 Å². The van der Waals surface area contributed by atoms with Crippen LogP contribution in [-0.2, 0) is 0 Å². The molecular formula is C17H16Cl2N2O2. The predicted octanol–water partition coefficient (Wildman–Crippen LogP) is 4.25. The summed E-state index contributed by atoms with van der Waals surface area (Å²) in [7, 11) is 0. The van der Waals surface area contributed by atoms with Crippen LogP contribution in [-0.4, -0.2) is 30.5 Å². The topological polar surface area (TPSA) is 42.4 Å². The molecule has 0 aliphatic carbocycles. The third kappa shape index (κ3) is 3.95. The average Bonchev–Trinajstić information content (AvgIpc) is 2.58. The lowest BCUT2D eigenvalue weighted by Gasteiger charge is -2.33. The van der Waals surface area contributed by atoms with Crippen LogP contribution in [0.15, 0.2) is 36.5 Å². The molecule has 0 radical (unpaired) electrons. The van der Waals surface area contributed by atoms with Gasteiger partial charge in [0.2, 0.25) is 0 Å². The van der Waals surface area contributed by atoms with Crippen molar-refractivity contribution in [1.29, 1.82) is 0 Å². The molecule has 1 saturated heterocycles. The molecule has 120 valence electrons. The number of halogens is 2. The van der Waals surface area contributed by atoms with Crippen molar-refractivity contribution in [3.63, 3.8) is 0 Å². The Morgan fingerprint density at radius 3 is 2.48 bits per heavy atom. The van der Waals surface area contributed by atoms with Crippen molar-refractivity contribution in [3.05, 3.63) is 52.1 Å². The Labute approximate surface area is 145 Å². The van der Waals surface area contributed by atoms with Crippen LogP contribution < -0.4 is 9.64 Å². The highest BCUT2D eigenvalue weighted by Crippen LogP contribution is 2.25. The Bertz CT molecular complexity index is 683. The molecule has 1 aromatic carbocycles. The number of carbonyl (C=O) groups is 1. The summed E-state index contributed by atoms with van der Waals surface area (Å²) in [6.45, 7) is 1.57. The van der Waals surface area contributed by atoms with Gasteiger partial charge in [-0.2, -0.15) is 0 Å². The number of hydrogen-bond donors (Lipinski definition) is 0. The Kier molecular flexibility index (Phi) is 5.03. The second kappa shape index (κ2) is 7.20. The monoisotopic (exact) mass is 350 g/mol. The number of anilines is 1. The number of aromatic nitrogens is 1. The number of ether oxygens (including phenoxy) is 1. The molecule has 2 heterocycles. The van der Waals surface area contributed by atoms with Gasteiger partial charge in [-0.05, 0) is 30.3 Å². The van der Waals surface area contributed by atoms with Gasteiger partial charge < -0.3 is 9.64 Å². The fraction of sp³-hybridized carbons (Fsp3) is 0.294. The molecule has 1 aliphatic rings. The maximum Gasteiger partial charge on any atom is 0.153 e. The van der Waals surface area contributed by atoms with Gasteiger partial charge in [-0.1, -0.05) is 23.2 Å². The molecule has 0 N–H and O–H groups in total. The van der Waals surface area contributed by atoms with E-state index in [2.05, 4.69) is 9.88 Å². The average molecular weight is 351 g/mol. The van der Waals surface area contributed by atoms with E-state index in [4.69, 9.17) is 27.9 Å². The van der Waals surface area contributed by atoms with Gasteiger partial charge in [0, 0.05) is 37.2 Å². The number of rotatable bonds is 4. The highest BCUT2D eigenvalue weighted by Gasteiger charge is 2.23. The Hall–Kier alpha value is -1.78. The molecule has 0 unspecified atom stereocenters. The lowest BCUT2D eigenvalue weighted by molar-refractivity contribution is 0.112. The number of benzene rings is 1. The number of piperidine rings is 1. The standard InChI is InChI=1S/C17H16Cl2N2O2/c18-13-1-3-15(4-2-13)23-16-5-7-21(8-6-16)17-12(11-22)9-14(19)10-20-17/h1-4,9-11,16H,5-8H2. The molecule has 0 saturated carbocycles.